The highest BCUT2D eigenvalue weighted by Gasteiger charge is 2.51. The van der Waals surface area contributed by atoms with E-state index in [4.69, 9.17) is 18.9 Å². The minimum atomic E-state index is -1.78. The summed E-state index contributed by atoms with van der Waals surface area (Å²) < 4.78 is 22.7. The quantitative estimate of drug-likeness (QED) is 0.0259. The first-order valence-electron chi connectivity index (χ1n) is 31.3. The summed E-state index contributed by atoms with van der Waals surface area (Å²) in [5, 5.41) is 86.8. The average molecular weight is 1060 g/mol. The maximum Gasteiger partial charge on any atom is 0.220 e. The molecule has 12 unspecified atom stereocenters. The fraction of sp³-hybridized carbons (Fsp3) is 0.983. The van der Waals surface area contributed by atoms with Gasteiger partial charge in [-0.2, -0.15) is 0 Å². The summed E-state index contributed by atoms with van der Waals surface area (Å²) >= 11 is 0. The van der Waals surface area contributed by atoms with Gasteiger partial charge in [0.15, 0.2) is 12.6 Å². The Morgan fingerprint density at radius 2 is 0.770 bits per heavy atom. The zero-order chi connectivity index (χ0) is 53.9. The molecular weight excluding hydrogens is 943 g/mol. The molecule has 2 saturated heterocycles. The van der Waals surface area contributed by atoms with E-state index in [1.165, 1.54) is 205 Å². The summed E-state index contributed by atoms with van der Waals surface area (Å²) in [5.41, 5.74) is 0. The van der Waals surface area contributed by atoms with Crippen LogP contribution in [0.25, 0.3) is 0 Å². The highest BCUT2D eigenvalue weighted by Crippen LogP contribution is 2.30. The zero-order valence-electron chi connectivity index (χ0n) is 47.4. The lowest BCUT2D eigenvalue weighted by Gasteiger charge is -2.46. The predicted octanol–water partition coefficient (Wildman–Crippen LogP) is 10.9. The number of carbonyl (C=O) groups is 1. The van der Waals surface area contributed by atoms with Crippen LogP contribution in [0.1, 0.15) is 284 Å². The molecule has 14 heteroatoms. The fourth-order valence-corrected chi connectivity index (χ4v) is 10.8. The van der Waals surface area contributed by atoms with Crippen LogP contribution in [0.3, 0.4) is 0 Å². The number of rotatable bonds is 51. The van der Waals surface area contributed by atoms with Crippen molar-refractivity contribution < 1.29 is 64.6 Å². The SMILES string of the molecule is CCCCCCCCCCCCCCCCCCCCCCCCCCCCCCCCCCCC(=O)NC(COC1OC(CO)C(OC2OC(CO)C(O)C(O)C2O)C(O)C1O)C(O)CCCCCCCCC. The lowest BCUT2D eigenvalue weighted by atomic mass is 9.97. The molecule has 0 spiro atoms. The van der Waals surface area contributed by atoms with Crippen molar-refractivity contribution in [1.82, 2.24) is 5.32 Å². The lowest BCUT2D eigenvalue weighted by molar-refractivity contribution is -0.359. The van der Waals surface area contributed by atoms with Crippen LogP contribution in [0.5, 0.6) is 0 Å². The highest BCUT2D eigenvalue weighted by atomic mass is 16.7. The van der Waals surface area contributed by atoms with Gasteiger partial charge in [-0.25, -0.2) is 0 Å². The van der Waals surface area contributed by atoms with Gasteiger partial charge in [-0.1, -0.05) is 264 Å². The van der Waals surface area contributed by atoms with E-state index < -0.39 is 86.8 Å². The standard InChI is InChI=1S/C60H117NO13/c1-3-5-7-9-11-12-13-14-15-16-17-18-19-20-21-22-23-24-25-26-27-28-29-30-31-32-33-34-35-36-38-40-42-44-52(65)61-48(49(64)43-41-39-37-10-8-6-4-2)47-71-59-57(70)55(68)58(51(46-63)73-59)74-60-56(69)54(67)53(66)50(45-62)72-60/h48-51,53-60,62-64,66-70H,3-47H2,1-2H3,(H,61,65). The predicted molar refractivity (Wildman–Crippen MR) is 296 cm³/mol. The minimum Gasteiger partial charge on any atom is -0.394 e. The maximum atomic E-state index is 13.2. The maximum absolute atomic E-state index is 13.2. The molecule has 0 bridgehead atoms. The van der Waals surface area contributed by atoms with E-state index in [1.54, 1.807) is 0 Å². The molecule has 2 heterocycles. The number of unbranched alkanes of at least 4 members (excludes halogenated alkanes) is 38. The van der Waals surface area contributed by atoms with Crippen LogP contribution in [0, 0.1) is 0 Å². The van der Waals surface area contributed by atoms with Gasteiger partial charge in [-0.05, 0) is 12.8 Å². The van der Waals surface area contributed by atoms with E-state index >= 15 is 0 Å². The first-order valence-corrected chi connectivity index (χ1v) is 31.3. The van der Waals surface area contributed by atoms with Crippen LogP contribution in [0.2, 0.25) is 0 Å². The topological polar surface area (TPSA) is 228 Å². The molecule has 9 N–H and O–H groups in total. The molecule has 2 aliphatic heterocycles. The Balaban J connectivity index is 1.53. The molecular formula is C60H117NO13. The average Bonchev–Trinajstić information content (AvgIpc) is 3.40. The van der Waals surface area contributed by atoms with Crippen molar-refractivity contribution in [2.75, 3.05) is 19.8 Å². The van der Waals surface area contributed by atoms with Crippen molar-refractivity contribution in [3.63, 3.8) is 0 Å². The van der Waals surface area contributed by atoms with Crippen molar-refractivity contribution >= 4 is 5.91 Å². The first-order chi connectivity index (χ1) is 36.1. The van der Waals surface area contributed by atoms with E-state index in [0.717, 1.165) is 51.4 Å². The third-order valence-corrected chi connectivity index (χ3v) is 15.8. The van der Waals surface area contributed by atoms with Crippen LogP contribution in [0.15, 0.2) is 0 Å². The van der Waals surface area contributed by atoms with E-state index in [-0.39, 0.29) is 12.5 Å². The first kappa shape index (κ1) is 69.1. The van der Waals surface area contributed by atoms with Gasteiger partial charge in [-0.15, -0.1) is 0 Å². The van der Waals surface area contributed by atoms with E-state index in [9.17, 15) is 45.6 Å². The van der Waals surface area contributed by atoms with Crippen LogP contribution in [-0.2, 0) is 23.7 Å². The lowest BCUT2D eigenvalue weighted by Crippen LogP contribution is -2.65. The summed E-state index contributed by atoms with van der Waals surface area (Å²) in [6, 6.07) is -0.820. The number of ether oxygens (including phenoxy) is 4. The van der Waals surface area contributed by atoms with Crippen molar-refractivity contribution in [3.8, 4) is 0 Å². The second-order valence-corrected chi connectivity index (χ2v) is 22.6. The third kappa shape index (κ3) is 32.2. The van der Waals surface area contributed by atoms with Gasteiger partial charge in [0, 0.05) is 6.42 Å². The van der Waals surface area contributed by atoms with E-state index in [2.05, 4.69) is 19.2 Å². The molecule has 0 aromatic rings. The van der Waals surface area contributed by atoms with Gasteiger partial charge in [0.2, 0.25) is 5.91 Å². The minimum absolute atomic E-state index is 0.204. The molecule has 14 nitrogen and oxygen atoms in total. The van der Waals surface area contributed by atoms with E-state index in [1.807, 2.05) is 0 Å². The van der Waals surface area contributed by atoms with Gasteiger partial charge >= 0.3 is 0 Å². The van der Waals surface area contributed by atoms with Crippen molar-refractivity contribution in [2.24, 2.45) is 0 Å². The van der Waals surface area contributed by atoms with Gasteiger partial charge < -0.3 is 65.1 Å². The summed E-state index contributed by atoms with van der Waals surface area (Å²) in [4.78, 5) is 13.2. The number of amides is 1. The molecule has 12 atom stereocenters. The number of nitrogens with one attached hydrogen (secondary N) is 1. The molecule has 74 heavy (non-hydrogen) atoms. The van der Waals surface area contributed by atoms with Gasteiger partial charge in [0.1, 0.15) is 48.8 Å². The number of aliphatic hydroxyl groups excluding tert-OH is 8. The number of hydrogen-bond acceptors (Lipinski definition) is 13. The Hall–Kier alpha value is -1.01. The Morgan fingerprint density at radius 3 is 1.15 bits per heavy atom. The molecule has 1 amide bonds. The van der Waals surface area contributed by atoms with Crippen LogP contribution >= 0.6 is 0 Å². The van der Waals surface area contributed by atoms with Crippen LogP contribution in [-0.4, -0.2) is 140 Å². The molecule has 2 rings (SSSR count). The molecule has 0 aromatic heterocycles. The molecule has 2 aliphatic rings. The summed E-state index contributed by atoms with van der Waals surface area (Å²) in [6.07, 6.45) is 36.1. The Labute approximate surface area is 451 Å². The normalized spacial score (nSPS) is 25.1. The van der Waals surface area contributed by atoms with Gasteiger partial charge in [0.05, 0.1) is 32.0 Å². The summed E-state index contributed by atoms with van der Waals surface area (Å²) in [6.45, 7) is 2.83. The zero-order valence-corrected chi connectivity index (χ0v) is 47.4. The fourth-order valence-electron chi connectivity index (χ4n) is 10.8. The van der Waals surface area contributed by atoms with Crippen molar-refractivity contribution in [3.05, 3.63) is 0 Å². The number of aliphatic hydroxyl groups is 8. The summed E-state index contributed by atoms with van der Waals surface area (Å²) in [7, 11) is 0. The molecule has 0 saturated carbocycles. The highest BCUT2D eigenvalue weighted by molar-refractivity contribution is 5.76. The Morgan fingerprint density at radius 1 is 0.432 bits per heavy atom. The smallest absolute Gasteiger partial charge is 0.220 e. The molecule has 2 fully saturated rings. The second kappa shape index (κ2) is 46.9. The number of hydrogen-bond donors (Lipinski definition) is 9. The van der Waals surface area contributed by atoms with Crippen LogP contribution < -0.4 is 5.32 Å². The van der Waals surface area contributed by atoms with Crippen molar-refractivity contribution in [1.29, 1.82) is 0 Å². The van der Waals surface area contributed by atoms with Crippen molar-refractivity contribution in [2.45, 2.75) is 357 Å². The van der Waals surface area contributed by atoms with Crippen LogP contribution in [0.4, 0.5) is 0 Å². The molecule has 440 valence electrons. The second-order valence-electron chi connectivity index (χ2n) is 22.6. The number of carbonyl (C=O) groups excluding carboxylic acids is 1. The summed E-state index contributed by atoms with van der Waals surface area (Å²) in [5.74, 6) is -0.204. The van der Waals surface area contributed by atoms with E-state index in [0.29, 0.717) is 12.8 Å². The van der Waals surface area contributed by atoms with Gasteiger partial charge in [-0.3, -0.25) is 4.79 Å². The molecule has 0 aliphatic carbocycles. The van der Waals surface area contributed by atoms with Gasteiger partial charge in [0.25, 0.3) is 0 Å². The molecule has 0 radical (unpaired) electrons. The Kier molecular flexibility index (Phi) is 43.8. The molecule has 0 aromatic carbocycles. The monoisotopic (exact) mass is 1060 g/mol. The Bertz CT molecular complexity index is 1250. The third-order valence-electron chi connectivity index (χ3n) is 15.8. The largest absolute Gasteiger partial charge is 0.394 e.